The van der Waals surface area contributed by atoms with Crippen molar-refractivity contribution < 1.29 is 14.6 Å². The lowest BCUT2D eigenvalue weighted by Gasteiger charge is -2.36. The number of carboxylic acids is 1. The summed E-state index contributed by atoms with van der Waals surface area (Å²) >= 11 is 0. The van der Waals surface area contributed by atoms with Crippen LogP contribution >= 0.6 is 0 Å². The summed E-state index contributed by atoms with van der Waals surface area (Å²) in [7, 11) is 1.64. The van der Waals surface area contributed by atoms with Crippen LogP contribution in [-0.4, -0.2) is 40.7 Å². The van der Waals surface area contributed by atoms with Gasteiger partial charge in [0.25, 0.3) is 0 Å². The summed E-state index contributed by atoms with van der Waals surface area (Å²) in [6.45, 7) is 4.82. The lowest BCUT2D eigenvalue weighted by Crippen LogP contribution is -2.43. The third-order valence-corrected chi connectivity index (χ3v) is 4.27. The number of hydrogen-bond acceptors (Lipinski definition) is 3. The zero-order chi connectivity index (χ0) is 15.1. The van der Waals surface area contributed by atoms with E-state index in [1.807, 2.05) is 36.9 Å². The van der Waals surface area contributed by atoms with Crippen LogP contribution < -0.4 is 4.74 Å². The Labute approximate surface area is 123 Å². The minimum Gasteiger partial charge on any atom is -0.497 e. The molecule has 0 aliphatic carbocycles. The largest absolute Gasteiger partial charge is 0.497 e. The van der Waals surface area contributed by atoms with Gasteiger partial charge >= 0.3 is 5.97 Å². The Morgan fingerprint density at radius 2 is 2.24 bits per heavy atom. The maximum Gasteiger partial charge on any atom is 0.327 e. The number of aliphatic carboxylic acids is 1. The Hall–Kier alpha value is -2.01. The molecule has 0 saturated heterocycles. The van der Waals surface area contributed by atoms with Gasteiger partial charge in [-0.3, -0.25) is 9.69 Å². The second-order valence-corrected chi connectivity index (χ2v) is 5.75. The average Bonchev–Trinajstić information content (AvgIpc) is 2.83. The van der Waals surface area contributed by atoms with E-state index in [1.165, 1.54) is 0 Å². The van der Waals surface area contributed by atoms with E-state index in [9.17, 15) is 9.90 Å². The predicted octanol–water partition coefficient (Wildman–Crippen LogP) is 2.57. The standard InChI is InChI=1S/C16H20N2O3/c1-9(2)18-7-6-11-12-8-10(21-3)4-5-13(12)17-14(11)15(18)16(19)20/h4-5,8-9,15,17H,6-7H2,1-3H3,(H,19,20). The van der Waals surface area contributed by atoms with Crippen LogP contribution in [0.25, 0.3) is 10.9 Å². The molecule has 1 atom stereocenters. The van der Waals surface area contributed by atoms with Crippen LogP contribution in [0.3, 0.4) is 0 Å². The molecule has 112 valence electrons. The number of nitrogens with one attached hydrogen (secondary N) is 1. The Morgan fingerprint density at radius 3 is 2.86 bits per heavy atom. The van der Waals surface area contributed by atoms with Crippen molar-refractivity contribution >= 4 is 16.9 Å². The minimum atomic E-state index is -0.803. The van der Waals surface area contributed by atoms with Crippen LogP contribution in [0, 0.1) is 0 Å². The molecule has 1 aliphatic rings. The molecule has 0 saturated carbocycles. The number of fused-ring (bicyclic) bond motifs is 3. The van der Waals surface area contributed by atoms with E-state index in [2.05, 4.69) is 4.98 Å². The summed E-state index contributed by atoms with van der Waals surface area (Å²) in [4.78, 5) is 17.1. The zero-order valence-corrected chi connectivity index (χ0v) is 12.5. The first-order valence-corrected chi connectivity index (χ1v) is 7.20. The summed E-state index contributed by atoms with van der Waals surface area (Å²) < 4.78 is 5.28. The number of hydrogen-bond donors (Lipinski definition) is 2. The molecule has 2 N–H and O–H groups in total. The SMILES string of the molecule is COc1ccc2[nH]c3c(c2c1)CCN(C(C)C)C3C(=O)O. The van der Waals surface area contributed by atoms with E-state index >= 15 is 0 Å². The average molecular weight is 288 g/mol. The van der Waals surface area contributed by atoms with Crippen LogP contribution in [0.1, 0.15) is 31.1 Å². The monoisotopic (exact) mass is 288 g/mol. The van der Waals surface area contributed by atoms with Crippen LogP contribution in [0.5, 0.6) is 5.75 Å². The number of methoxy groups -OCH3 is 1. The molecule has 5 nitrogen and oxygen atoms in total. The van der Waals surface area contributed by atoms with E-state index in [4.69, 9.17) is 4.74 Å². The molecular formula is C16H20N2O3. The lowest BCUT2D eigenvalue weighted by atomic mass is 9.96. The Balaban J connectivity index is 2.17. The first-order chi connectivity index (χ1) is 10.0. The minimum absolute atomic E-state index is 0.195. The highest BCUT2D eigenvalue weighted by Gasteiger charge is 2.36. The van der Waals surface area contributed by atoms with Gasteiger partial charge in [-0.1, -0.05) is 0 Å². The van der Waals surface area contributed by atoms with Gasteiger partial charge in [0.15, 0.2) is 0 Å². The Morgan fingerprint density at radius 1 is 1.48 bits per heavy atom. The van der Waals surface area contributed by atoms with Gasteiger partial charge in [0.1, 0.15) is 11.8 Å². The molecule has 5 heteroatoms. The Kier molecular flexibility index (Phi) is 3.37. The van der Waals surface area contributed by atoms with Gasteiger partial charge in [0.2, 0.25) is 0 Å². The summed E-state index contributed by atoms with van der Waals surface area (Å²) in [5.74, 6) is -0.00867. The highest BCUT2D eigenvalue weighted by molar-refractivity contribution is 5.89. The number of rotatable bonds is 3. The van der Waals surface area contributed by atoms with E-state index in [-0.39, 0.29) is 6.04 Å². The van der Waals surface area contributed by atoms with Crippen LogP contribution in [0.2, 0.25) is 0 Å². The Bertz CT molecular complexity index is 690. The molecule has 0 radical (unpaired) electrons. The number of benzene rings is 1. The smallest absolute Gasteiger partial charge is 0.327 e. The summed E-state index contributed by atoms with van der Waals surface area (Å²) in [5, 5.41) is 10.7. The molecule has 0 fully saturated rings. The quantitative estimate of drug-likeness (QED) is 0.911. The van der Waals surface area contributed by atoms with Crippen molar-refractivity contribution in [1.82, 2.24) is 9.88 Å². The van der Waals surface area contributed by atoms with E-state index in [0.717, 1.165) is 40.9 Å². The third-order valence-electron chi connectivity index (χ3n) is 4.27. The number of H-pyrrole nitrogens is 1. The predicted molar refractivity (Wildman–Crippen MR) is 80.8 cm³/mol. The fourth-order valence-corrected chi connectivity index (χ4v) is 3.23. The van der Waals surface area contributed by atoms with Crippen LogP contribution in [0.4, 0.5) is 0 Å². The van der Waals surface area contributed by atoms with Crippen molar-refractivity contribution in [2.75, 3.05) is 13.7 Å². The topological polar surface area (TPSA) is 65.6 Å². The van der Waals surface area contributed by atoms with Crippen molar-refractivity contribution in [3.8, 4) is 5.75 Å². The van der Waals surface area contributed by atoms with Gasteiger partial charge in [0.05, 0.1) is 7.11 Å². The number of aromatic nitrogens is 1. The van der Waals surface area contributed by atoms with E-state index < -0.39 is 12.0 Å². The number of carboxylic acid groups (broad SMARTS) is 1. The normalized spacial score (nSPS) is 19.0. The van der Waals surface area contributed by atoms with Crippen LogP contribution in [-0.2, 0) is 11.2 Å². The summed E-state index contributed by atoms with van der Waals surface area (Å²) in [6.07, 6.45) is 0.852. The molecule has 1 aromatic carbocycles. The maximum atomic E-state index is 11.7. The van der Waals surface area contributed by atoms with Gasteiger partial charge in [0, 0.05) is 29.2 Å². The fourth-order valence-electron chi connectivity index (χ4n) is 3.23. The fraction of sp³-hybridized carbons (Fsp3) is 0.438. The van der Waals surface area contributed by atoms with Gasteiger partial charge in [-0.25, -0.2) is 0 Å². The molecule has 1 aromatic heterocycles. The molecule has 1 unspecified atom stereocenters. The molecular weight excluding hydrogens is 268 g/mol. The molecule has 0 spiro atoms. The second kappa shape index (κ2) is 5.07. The molecule has 3 rings (SSSR count). The van der Waals surface area contributed by atoms with Gasteiger partial charge in [-0.2, -0.15) is 0 Å². The van der Waals surface area contributed by atoms with Crippen LogP contribution in [0.15, 0.2) is 18.2 Å². The summed E-state index contributed by atoms with van der Waals surface area (Å²) in [5.41, 5.74) is 2.89. The van der Waals surface area contributed by atoms with Crippen molar-refractivity contribution in [3.63, 3.8) is 0 Å². The van der Waals surface area contributed by atoms with Gasteiger partial charge in [-0.15, -0.1) is 0 Å². The zero-order valence-electron chi connectivity index (χ0n) is 12.5. The molecule has 2 aromatic rings. The second-order valence-electron chi connectivity index (χ2n) is 5.75. The molecule has 0 bridgehead atoms. The van der Waals surface area contributed by atoms with E-state index in [0.29, 0.717) is 0 Å². The van der Waals surface area contributed by atoms with Crippen molar-refractivity contribution in [2.24, 2.45) is 0 Å². The number of ether oxygens (including phenoxy) is 1. The van der Waals surface area contributed by atoms with Crippen molar-refractivity contribution in [1.29, 1.82) is 0 Å². The van der Waals surface area contributed by atoms with Crippen molar-refractivity contribution in [3.05, 3.63) is 29.5 Å². The maximum absolute atomic E-state index is 11.7. The molecule has 21 heavy (non-hydrogen) atoms. The third kappa shape index (κ3) is 2.17. The highest BCUT2D eigenvalue weighted by Crippen LogP contribution is 2.36. The number of aromatic amines is 1. The number of carbonyl (C=O) groups is 1. The van der Waals surface area contributed by atoms with Crippen molar-refractivity contribution in [2.45, 2.75) is 32.4 Å². The first-order valence-electron chi connectivity index (χ1n) is 7.20. The highest BCUT2D eigenvalue weighted by atomic mass is 16.5. The van der Waals surface area contributed by atoms with E-state index in [1.54, 1.807) is 7.11 Å². The molecule has 1 aliphatic heterocycles. The number of nitrogens with zero attached hydrogens (tertiary/aromatic N) is 1. The lowest BCUT2D eigenvalue weighted by molar-refractivity contribution is -0.145. The van der Waals surface area contributed by atoms with Gasteiger partial charge in [-0.05, 0) is 44.0 Å². The van der Waals surface area contributed by atoms with Gasteiger partial charge < -0.3 is 14.8 Å². The summed E-state index contributed by atoms with van der Waals surface area (Å²) in [6, 6.07) is 5.41. The molecule has 0 amide bonds. The first kappa shape index (κ1) is 13.9. The molecule has 2 heterocycles.